The van der Waals surface area contributed by atoms with Crippen molar-refractivity contribution in [3.63, 3.8) is 0 Å². The van der Waals surface area contributed by atoms with Gasteiger partial charge in [0.2, 0.25) is 0 Å². The number of hydrogen-bond acceptors (Lipinski definition) is 3. The fourth-order valence-corrected chi connectivity index (χ4v) is 3.69. The first-order chi connectivity index (χ1) is 12.7. The Balaban J connectivity index is 1.70. The Morgan fingerprint density at radius 2 is 1.85 bits per heavy atom. The Labute approximate surface area is 165 Å². The van der Waals surface area contributed by atoms with Crippen LogP contribution in [0.2, 0.25) is 10.0 Å². The van der Waals surface area contributed by atoms with Crippen LogP contribution in [0.5, 0.6) is 11.5 Å². The molecule has 0 aromatic heterocycles. The van der Waals surface area contributed by atoms with E-state index in [1.807, 2.05) is 24.3 Å². The van der Waals surface area contributed by atoms with Gasteiger partial charge in [-0.1, -0.05) is 60.7 Å². The lowest BCUT2D eigenvalue weighted by Crippen LogP contribution is -2.30. The second-order valence-corrected chi connectivity index (χ2v) is 7.52. The molecule has 0 bridgehead atoms. The molecule has 2 aromatic carbocycles. The molecule has 0 aliphatic heterocycles. The topological polar surface area (TPSA) is 30.5 Å². The van der Waals surface area contributed by atoms with E-state index in [0.717, 1.165) is 29.2 Å². The van der Waals surface area contributed by atoms with Gasteiger partial charge >= 0.3 is 0 Å². The minimum absolute atomic E-state index is 0.410. The van der Waals surface area contributed by atoms with Crippen molar-refractivity contribution in [3.8, 4) is 11.5 Å². The van der Waals surface area contributed by atoms with E-state index in [2.05, 4.69) is 11.4 Å². The number of nitrogens with one attached hydrogen (secondary N) is 1. The molecule has 26 heavy (non-hydrogen) atoms. The molecule has 0 atom stereocenters. The van der Waals surface area contributed by atoms with Gasteiger partial charge in [-0.3, -0.25) is 0 Å². The molecule has 0 unspecified atom stereocenters. The van der Waals surface area contributed by atoms with Crippen LogP contribution in [0.4, 0.5) is 0 Å². The van der Waals surface area contributed by atoms with E-state index in [0.29, 0.717) is 22.7 Å². The molecule has 1 aliphatic carbocycles. The molecule has 0 radical (unpaired) electrons. The van der Waals surface area contributed by atoms with Gasteiger partial charge in [0.05, 0.1) is 17.2 Å². The summed E-state index contributed by atoms with van der Waals surface area (Å²) in [6.45, 7) is 1.19. The normalized spacial score (nSPS) is 15.0. The van der Waals surface area contributed by atoms with Crippen LogP contribution in [0.25, 0.3) is 0 Å². The molecule has 2 aromatic rings. The maximum atomic E-state index is 6.11. The summed E-state index contributed by atoms with van der Waals surface area (Å²) in [7, 11) is 1.67. The first-order valence-electron chi connectivity index (χ1n) is 9.13. The first-order valence-corrected chi connectivity index (χ1v) is 9.89. The van der Waals surface area contributed by atoms with Crippen LogP contribution in [0.1, 0.15) is 43.2 Å². The third-order valence-corrected chi connectivity index (χ3v) is 5.57. The highest BCUT2D eigenvalue weighted by Gasteiger charge is 2.15. The Hall–Kier alpha value is -1.42. The van der Waals surface area contributed by atoms with Crippen molar-refractivity contribution < 1.29 is 9.47 Å². The molecule has 1 aliphatic rings. The predicted octanol–water partition coefficient (Wildman–Crippen LogP) is 6.00. The lowest BCUT2D eigenvalue weighted by atomic mass is 9.95. The summed E-state index contributed by atoms with van der Waals surface area (Å²) in [5.74, 6) is 1.53. The van der Waals surface area contributed by atoms with Crippen LogP contribution in [-0.2, 0) is 13.2 Å². The summed E-state index contributed by atoms with van der Waals surface area (Å²) in [5, 5.41) is 4.75. The smallest absolute Gasteiger partial charge is 0.166 e. The number of methoxy groups -OCH3 is 1. The number of benzene rings is 2. The maximum absolute atomic E-state index is 6.11. The summed E-state index contributed by atoms with van der Waals surface area (Å²) in [4.78, 5) is 0. The molecule has 0 saturated heterocycles. The van der Waals surface area contributed by atoms with Gasteiger partial charge in [-0.25, -0.2) is 0 Å². The van der Waals surface area contributed by atoms with Gasteiger partial charge in [-0.05, 0) is 36.6 Å². The summed E-state index contributed by atoms with van der Waals surface area (Å²) >= 11 is 12.1. The Morgan fingerprint density at radius 3 is 2.58 bits per heavy atom. The molecule has 3 rings (SSSR count). The highest BCUT2D eigenvalue weighted by Crippen LogP contribution is 2.33. The van der Waals surface area contributed by atoms with E-state index in [9.17, 15) is 0 Å². The van der Waals surface area contributed by atoms with Crippen LogP contribution in [-0.4, -0.2) is 13.2 Å². The first kappa shape index (κ1) is 19.3. The average Bonchev–Trinajstić information content (AvgIpc) is 2.68. The molecular formula is C21H25Cl2NO2. The van der Waals surface area contributed by atoms with Crippen molar-refractivity contribution >= 4 is 23.2 Å². The standard InChI is InChI=1S/C21H25Cl2NO2/c1-25-20-9-5-6-16(13-24-17-7-3-2-4-8-17)21(20)26-14-15-10-11-18(22)19(23)12-15/h5-6,9-12,17,24H,2-4,7-8,13-14H2,1H3. The summed E-state index contributed by atoms with van der Waals surface area (Å²) in [6.07, 6.45) is 6.50. The zero-order valence-corrected chi connectivity index (χ0v) is 16.6. The number of rotatable bonds is 7. The number of ether oxygens (including phenoxy) is 2. The molecule has 0 heterocycles. The summed E-state index contributed by atoms with van der Waals surface area (Å²) in [5.41, 5.74) is 2.08. The number of hydrogen-bond donors (Lipinski definition) is 1. The quantitative estimate of drug-likeness (QED) is 0.625. The van der Waals surface area contributed by atoms with Gasteiger partial charge in [-0.15, -0.1) is 0 Å². The van der Waals surface area contributed by atoms with Gasteiger partial charge in [0, 0.05) is 18.2 Å². The zero-order valence-electron chi connectivity index (χ0n) is 15.1. The van der Waals surface area contributed by atoms with Crippen LogP contribution in [0, 0.1) is 0 Å². The van der Waals surface area contributed by atoms with Crippen molar-refractivity contribution in [1.82, 2.24) is 5.32 Å². The third-order valence-electron chi connectivity index (χ3n) is 4.83. The predicted molar refractivity (Wildman–Crippen MR) is 108 cm³/mol. The van der Waals surface area contributed by atoms with Crippen molar-refractivity contribution in [2.24, 2.45) is 0 Å². The van der Waals surface area contributed by atoms with Crippen molar-refractivity contribution in [2.75, 3.05) is 7.11 Å². The fraction of sp³-hybridized carbons (Fsp3) is 0.429. The summed E-state index contributed by atoms with van der Waals surface area (Å²) in [6, 6.07) is 12.1. The Kier molecular flexibility index (Phi) is 7.07. The molecule has 5 heteroatoms. The highest BCUT2D eigenvalue weighted by atomic mass is 35.5. The number of para-hydroxylation sites is 1. The van der Waals surface area contributed by atoms with Gasteiger partial charge < -0.3 is 14.8 Å². The van der Waals surface area contributed by atoms with Crippen LogP contribution in [0.3, 0.4) is 0 Å². The van der Waals surface area contributed by atoms with E-state index < -0.39 is 0 Å². The monoisotopic (exact) mass is 393 g/mol. The maximum Gasteiger partial charge on any atom is 0.166 e. The van der Waals surface area contributed by atoms with Gasteiger partial charge in [0.1, 0.15) is 6.61 Å². The Morgan fingerprint density at radius 1 is 1.04 bits per heavy atom. The second kappa shape index (κ2) is 9.50. The van der Waals surface area contributed by atoms with E-state index in [-0.39, 0.29) is 0 Å². The van der Waals surface area contributed by atoms with Crippen molar-refractivity contribution in [2.45, 2.75) is 51.3 Å². The molecule has 140 valence electrons. The van der Waals surface area contributed by atoms with Crippen molar-refractivity contribution in [1.29, 1.82) is 0 Å². The van der Waals surface area contributed by atoms with E-state index in [1.54, 1.807) is 13.2 Å². The minimum atomic E-state index is 0.410. The average molecular weight is 394 g/mol. The van der Waals surface area contributed by atoms with Gasteiger partial charge in [-0.2, -0.15) is 0 Å². The lowest BCUT2D eigenvalue weighted by molar-refractivity contribution is 0.279. The van der Waals surface area contributed by atoms with E-state index in [4.69, 9.17) is 32.7 Å². The van der Waals surface area contributed by atoms with E-state index >= 15 is 0 Å². The SMILES string of the molecule is COc1cccc(CNC2CCCCC2)c1OCc1ccc(Cl)c(Cl)c1. The fourth-order valence-electron chi connectivity index (χ4n) is 3.37. The largest absolute Gasteiger partial charge is 0.493 e. The lowest BCUT2D eigenvalue weighted by Gasteiger charge is -2.24. The van der Waals surface area contributed by atoms with E-state index in [1.165, 1.54) is 32.1 Å². The van der Waals surface area contributed by atoms with Crippen LogP contribution in [0.15, 0.2) is 36.4 Å². The third kappa shape index (κ3) is 5.06. The molecule has 3 nitrogen and oxygen atoms in total. The highest BCUT2D eigenvalue weighted by molar-refractivity contribution is 6.42. The van der Waals surface area contributed by atoms with Crippen LogP contribution >= 0.6 is 23.2 Å². The number of halogens is 2. The summed E-state index contributed by atoms with van der Waals surface area (Å²) < 4.78 is 11.6. The molecular weight excluding hydrogens is 369 g/mol. The van der Waals surface area contributed by atoms with Crippen molar-refractivity contribution in [3.05, 3.63) is 57.6 Å². The van der Waals surface area contributed by atoms with Gasteiger partial charge in [0.25, 0.3) is 0 Å². The van der Waals surface area contributed by atoms with Gasteiger partial charge in [0.15, 0.2) is 11.5 Å². The molecule has 0 amide bonds. The molecule has 1 N–H and O–H groups in total. The molecule has 0 spiro atoms. The Bertz CT molecular complexity index is 730. The van der Waals surface area contributed by atoms with Crippen LogP contribution < -0.4 is 14.8 Å². The minimum Gasteiger partial charge on any atom is -0.493 e. The zero-order chi connectivity index (χ0) is 18.4. The molecule has 1 fully saturated rings. The molecule has 1 saturated carbocycles. The second-order valence-electron chi connectivity index (χ2n) is 6.70.